The Morgan fingerprint density at radius 2 is 2.00 bits per heavy atom. The molecule has 1 saturated carbocycles. The summed E-state index contributed by atoms with van der Waals surface area (Å²) in [7, 11) is -3.71. The summed E-state index contributed by atoms with van der Waals surface area (Å²) in [5, 5.41) is 4.78. The van der Waals surface area contributed by atoms with Crippen LogP contribution in [-0.2, 0) is 19.4 Å². The number of benzene rings is 1. The van der Waals surface area contributed by atoms with Crippen LogP contribution < -0.4 is 15.4 Å². The van der Waals surface area contributed by atoms with E-state index in [1.54, 1.807) is 19.9 Å². The van der Waals surface area contributed by atoms with Crippen LogP contribution in [0.5, 0.6) is 5.75 Å². The predicted molar refractivity (Wildman–Crippen MR) is 102 cm³/mol. The highest BCUT2D eigenvalue weighted by Gasteiger charge is 2.30. The molecule has 1 fully saturated rings. The number of rotatable bonds is 5. The lowest BCUT2D eigenvalue weighted by Gasteiger charge is -2.24. The largest absolute Gasteiger partial charge is 0.482 e. The summed E-state index contributed by atoms with van der Waals surface area (Å²) in [6.07, 6.45) is 5.23. The fraction of sp³-hybridized carbons (Fsp3) is 0.579. The van der Waals surface area contributed by atoms with Crippen LogP contribution in [0.25, 0.3) is 0 Å². The summed E-state index contributed by atoms with van der Waals surface area (Å²) in [4.78, 5) is 23.9. The summed E-state index contributed by atoms with van der Waals surface area (Å²) in [6.45, 7) is 3.08. The third-order valence-corrected chi connectivity index (χ3v) is 7.47. The Balaban J connectivity index is 1.73. The van der Waals surface area contributed by atoms with Crippen LogP contribution >= 0.6 is 0 Å². The van der Waals surface area contributed by atoms with E-state index >= 15 is 0 Å². The van der Waals surface area contributed by atoms with Gasteiger partial charge in [0.05, 0.1) is 15.8 Å². The molecule has 0 radical (unpaired) electrons. The van der Waals surface area contributed by atoms with Crippen LogP contribution in [0, 0.1) is 6.92 Å². The van der Waals surface area contributed by atoms with E-state index < -0.39 is 15.1 Å². The number of anilines is 1. The summed E-state index contributed by atoms with van der Waals surface area (Å²) in [6, 6.07) is 3.19. The van der Waals surface area contributed by atoms with Gasteiger partial charge in [-0.15, -0.1) is 0 Å². The molecule has 148 valence electrons. The lowest BCUT2D eigenvalue weighted by molar-refractivity contribution is -0.122. The Hall–Kier alpha value is -2.09. The van der Waals surface area contributed by atoms with Crippen molar-refractivity contribution in [3.63, 3.8) is 0 Å². The molecular formula is C19H26N2O5S. The van der Waals surface area contributed by atoms with Crippen molar-refractivity contribution in [2.45, 2.75) is 68.6 Å². The Morgan fingerprint density at radius 1 is 1.30 bits per heavy atom. The number of fused-ring (bicyclic) bond motifs is 1. The fourth-order valence-corrected chi connectivity index (χ4v) is 5.23. The van der Waals surface area contributed by atoms with E-state index in [-0.39, 0.29) is 35.8 Å². The van der Waals surface area contributed by atoms with Gasteiger partial charge in [-0.05, 0) is 38.3 Å². The van der Waals surface area contributed by atoms with E-state index in [9.17, 15) is 18.0 Å². The molecule has 0 aromatic heterocycles. The highest BCUT2D eigenvalue weighted by atomic mass is 32.2. The first-order valence-corrected chi connectivity index (χ1v) is 10.9. The number of sulfone groups is 1. The highest BCUT2D eigenvalue weighted by Crippen LogP contribution is 2.34. The van der Waals surface area contributed by atoms with Gasteiger partial charge in [-0.2, -0.15) is 0 Å². The number of aryl methyl sites for hydroxylation is 1. The summed E-state index contributed by atoms with van der Waals surface area (Å²) in [5.74, 6) is -0.167. The lowest BCUT2D eigenvalue weighted by atomic mass is 9.95. The Morgan fingerprint density at radius 3 is 2.70 bits per heavy atom. The second kappa shape index (κ2) is 7.88. The number of ether oxygens (including phenoxy) is 1. The molecule has 2 N–H and O–H groups in total. The Bertz CT molecular complexity index is 844. The second-order valence-corrected chi connectivity index (χ2v) is 9.75. The van der Waals surface area contributed by atoms with Gasteiger partial charge in [0.1, 0.15) is 5.75 Å². The topological polar surface area (TPSA) is 102 Å². The molecule has 1 aliphatic carbocycles. The average molecular weight is 394 g/mol. The quantitative estimate of drug-likeness (QED) is 0.798. The van der Waals surface area contributed by atoms with Gasteiger partial charge in [0.15, 0.2) is 16.4 Å². The van der Waals surface area contributed by atoms with E-state index in [1.807, 2.05) is 0 Å². The molecule has 1 heterocycles. The van der Waals surface area contributed by atoms with E-state index in [2.05, 4.69) is 10.6 Å². The molecule has 3 rings (SSSR count). The zero-order chi connectivity index (χ0) is 19.6. The van der Waals surface area contributed by atoms with Crippen molar-refractivity contribution in [1.82, 2.24) is 5.32 Å². The first-order valence-electron chi connectivity index (χ1n) is 9.38. The third kappa shape index (κ3) is 4.43. The van der Waals surface area contributed by atoms with Crippen molar-refractivity contribution in [1.29, 1.82) is 0 Å². The maximum absolute atomic E-state index is 13.0. The van der Waals surface area contributed by atoms with Crippen LogP contribution in [0.2, 0.25) is 0 Å². The molecule has 0 spiro atoms. The monoisotopic (exact) mass is 394 g/mol. The second-order valence-electron chi connectivity index (χ2n) is 7.41. The van der Waals surface area contributed by atoms with Crippen LogP contribution in [0.1, 0.15) is 51.0 Å². The van der Waals surface area contributed by atoms with Crippen molar-refractivity contribution in [3.8, 4) is 5.75 Å². The SMILES string of the molecule is Cc1cc2c(cc1S(=O)(=O)[C@H](C)CC(=O)NC1CCCCC1)OCC(=O)N2. The first kappa shape index (κ1) is 19.7. The van der Waals surface area contributed by atoms with E-state index in [4.69, 9.17) is 4.74 Å². The zero-order valence-electron chi connectivity index (χ0n) is 15.7. The van der Waals surface area contributed by atoms with Gasteiger partial charge >= 0.3 is 0 Å². The first-order chi connectivity index (χ1) is 12.8. The van der Waals surface area contributed by atoms with Gasteiger partial charge in [-0.1, -0.05) is 19.3 Å². The molecule has 2 amide bonds. The number of amides is 2. The van der Waals surface area contributed by atoms with Gasteiger partial charge < -0.3 is 15.4 Å². The van der Waals surface area contributed by atoms with Crippen LogP contribution in [-0.4, -0.2) is 38.1 Å². The Kier molecular flexibility index (Phi) is 5.74. The summed E-state index contributed by atoms with van der Waals surface area (Å²) in [5.41, 5.74) is 0.976. The molecule has 2 aliphatic rings. The van der Waals surface area contributed by atoms with Crippen LogP contribution in [0.3, 0.4) is 0 Å². The smallest absolute Gasteiger partial charge is 0.262 e. The standard InChI is InChI=1S/C19H26N2O5S/c1-12-8-15-16(26-11-19(23)21-15)10-17(12)27(24,25)13(2)9-18(22)20-14-6-4-3-5-7-14/h8,10,13-14H,3-7,9,11H2,1-2H3,(H,20,22)(H,21,23)/t13-/m1/s1. The summed E-state index contributed by atoms with van der Waals surface area (Å²) < 4.78 is 31.3. The zero-order valence-corrected chi connectivity index (χ0v) is 16.5. The van der Waals surface area contributed by atoms with E-state index in [0.717, 1.165) is 25.7 Å². The number of carbonyl (C=O) groups excluding carboxylic acids is 2. The molecule has 1 atom stereocenters. The van der Waals surface area contributed by atoms with Crippen molar-refractivity contribution < 1.29 is 22.7 Å². The molecule has 1 aromatic rings. The number of carbonyl (C=O) groups is 2. The van der Waals surface area contributed by atoms with Crippen molar-refractivity contribution in [3.05, 3.63) is 17.7 Å². The predicted octanol–water partition coefficient (Wildman–Crippen LogP) is 2.33. The van der Waals surface area contributed by atoms with Crippen LogP contribution in [0.15, 0.2) is 17.0 Å². The van der Waals surface area contributed by atoms with Crippen LogP contribution in [0.4, 0.5) is 5.69 Å². The fourth-order valence-electron chi connectivity index (χ4n) is 3.64. The molecule has 27 heavy (non-hydrogen) atoms. The Labute approximate surface area is 159 Å². The number of hydrogen-bond acceptors (Lipinski definition) is 5. The minimum absolute atomic E-state index is 0.0764. The molecule has 7 nitrogen and oxygen atoms in total. The van der Waals surface area contributed by atoms with E-state index in [1.165, 1.54) is 12.5 Å². The molecule has 0 saturated heterocycles. The maximum Gasteiger partial charge on any atom is 0.262 e. The van der Waals surface area contributed by atoms with Gasteiger partial charge in [-0.3, -0.25) is 9.59 Å². The number of nitrogens with one attached hydrogen (secondary N) is 2. The highest BCUT2D eigenvalue weighted by molar-refractivity contribution is 7.92. The summed E-state index contributed by atoms with van der Waals surface area (Å²) >= 11 is 0. The van der Waals surface area contributed by atoms with Gasteiger partial charge in [0.25, 0.3) is 5.91 Å². The number of hydrogen-bond donors (Lipinski definition) is 2. The third-order valence-electron chi connectivity index (χ3n) is 5.19. The minimum atomic E-state index is -3.71. The molecule has 8 heteroatoms. The van der Waals surface area contributed by atoms with Crippen molar-refractivity contribution in [2.75, 3.05) is 11.9 Å². The lowest BCUT2D eigenvalue weighted by Crippen LogP contribution is -2.38. The normalized spacial score (nSPS) is 18.8. The average Bonchev–Trinajstić information content (AvgIpc) is 2.61. The van der Waals surface area contributed by atoms with Crippen molar-refractivity contribution in [2.24, 2.45) is 0 Å². The molecule has 1 aromatic carbocycles. The molecule has 1 aliphatic heterocycles. The van der Waals surface area contributed by atoms with Gasteiger partial charge in [0, 0.05) is 18.5 Å². The molecule has 0 unspecified atom stereocenters. The molecule has 0 bridgehead atoms. The van der Waals surface area contributed by atoms with Crippen molar-refractivity contribution >= 4 is 27.3 Å². The van der Waals surface area contributed by atoms with Gasteiger partial charge in [0.2, 0.25) is 5.91 Å². The maximum atomic E-state index is 13.0. The van der Waals surface area contributed by atoms with E-state index in [0.29, 0.717) is 17.0 Å². The minimum Gasteiger partial charge on any atom is -0.482 e. The molecular weight excluding hydrogens is 368 g/mol. The van der Waals surface area contributed by atoms with Gasteiger partial charge in [-0.25, -0.2) is 8.42 Å².